The van der Waals surface area contributed by atoms with Crippen molar-refractivity contribution in [3.63, 3.8) is 0 Å². The number of carbonyl (C=O) groups is 1. The van der Waals surface area contributed by atoms with Crippen molar-refractivity contribution in [2.24, 2.45) is 7.05 Å². The lowest BCUT2D eigenvalue weighted by Gasteiger charge is -2.19. The van der Waals surface area contributed by atoms with Gasteiger partial charge in [0.15, 0.2) is 5.82 Å². The van der Waals surface area contributed by atoms with Crippen molar-refractivity contribution in [2.75, 3.05) is 18.4 Å². The molecule has 8 heteroatoms. The Bertz CT molecular complexity index is 956. The molecule has 2 N–H and O–H groups in total. The number of nitrogens with zero attached hydrogens (tertiary/aromatic N) is 4. The largest absolute Gasteiger partial charge is 0.347 e. The smallest absolute Gasteiger partial charge is 0.228 e. The number of aromatic nitrogens is 4. The maximum Gasteiger partial charge on any atom is 0.228 e. The van der Waals surface area contributed by atoms with Gasteiger partial charge in [-0.2, -0.15) is 10.1 Å². The first-order valence-electron chi connectivity index (χ1n) is 9.26. The average molecular weight is 387 g/mol. The zero-order chi connectivity index (χ0) is 18.8. The number of hydrogen-bond acceptors (Lipinski definition) is 4. The number of nitrogens with one attached hydrogen (secondary N) is 2. The molecule has 7 nitrogen and oxygen atoms in total. The Morgan fingerprint density at radius 1 is 1.33 bits per heavy atom. The Morgan fingerprint density at radius 3 is 2.96 bits per heavy atom. The summed E-state index contributed by atoms with van der Waals surface area (Å²) in [6, 6.07) is 7.77. The maximum atomic E-state index is 12.4. The van der Waals surface area contributed by atoms with Crippen molar-refractivity contribution in [1.29, 1.82) is 0 Å². The second-order valence-corrected chi connectivity index (χ2v) is 7.39. The number of carbonyl (C=O) groups excluding carboxylic acids is 1. The third-order valence-electron chi connectivity index (χ3n) is 5.05. The van der Waals surface area contributed by atoms with Crippen molar-refractivity contribution in [3.8, 4) is 0 Å². The van der Waals surface area contributed by atoms with Crippen LogP contribution in [0, 0.1) is 0 Å². The third-order valence-corrected chi connectivity index (χ3v) is 5.28. The molecular formula is C19H23ClN6O. The molecule has 2 aromatic heterocycles. The van der Waals surface area contributed by atoms with Gasteiger partial charge in [-0.15, -0.1) is 0 Å². The molecule has 0 radical (unpaired) electrons. The number of benzene rings is 1. The van der Waals surface area contributed by atoms with Crippen LogP contribution < -0.4 is 10.6 Å². The van der Waals surface area contributed by atoms with Gasteiger partial charge in [-0.25, -0.2) is 4.68 Å². The van der Waals surface area contributed by atoms with Gasteiger partial charge in [-0.3, -0.25) is 10.1 Å². The number of hydrogen-bond donors (Lipinski definition) is 2. The highest BCUT2D eigenvalue weighted by atomic mass is 35.5. The highest BCUT2D eigenvalue weighted by molar-refractivity contribution is 6.31. The zero-order valence-corrected chi connectivity index (χ0v) is 16.0. The normalized spacial score (nSPS) is 15.3. The van der Waals surface area contributed by atoms with Crippen LogP contribution in [0.1, 0.15) is 31.0 Å². The van der Waals surface area contributed by atoms with Gasteiger partial charge in [0, 0.05) is 48.1 Å². The number of amides is 1. The Balaban J connectivity index is 1.38. The molecule has 1 amide bonds. The van der Waals surface area contributed by atoms with E-state index in [9.17, 15) is 4.79 Å². The van der Waals surface area contributed by atoms with Crippen LogP contribution in [0.25, 0.3) is 10.9 Å². The first kappa shape index (κ1) is 18.0. The monoisotopic (exact) mass is 386 g/mol. The fourth-order valence-corrected chi connectivity index (χ4v) is 3.72. The summed E-state index contributed by atoms with van der Waals surface area (Å²) in [5, 5.41) is 12.5. The molecule has 4 rings (SSSR count). The van der Waals surface area contributed by atoms with Crippen LogP contribution >= 0.6 is 11.6 Å². The number of anilines is 1. The minimum absolute atomic E-state index is 0.0711. The summed E-state index contributed by atoms with van der Waals surface area (Å²) in [6.07, 6.45) is 4.40. The molecule has 3 heterocycles. The minimum Gasteiger partial charge on any atom is -0.347 e. The quantitative estimate of drug-likeness (QED) is 0.706. The summed E-state index contributed by atoms with van der Waals surface area (Å²) in [4.78, 5) is 16.9. The molecule has 142 valence electrons. The number of piperidine rings is 1. The minimum atomic E-state index is -0.0711. The van der Waals surface area contributed by atoms with Crippen LogP contribution in [0.5, 0.6) is 0 Å². The van der Waals surface area contributed by atoms with Gasteiger partial charge in [0.1, 0.15) is 0 Å². The second-order valence-electron chi connectivity index (χ2n) is 6.95. The van der Waals surface area contributed by atoms with Crippen molar-refractivity contribution < 1.29 is 4.79 Å². The predicted octanol–water partition coefficient (Wildman–Crippen LogP) is 2.92. The van der Waals surface area contributed by atoms with Gasteiger partial charge in [-0.05, 0) is 50.2 Å². The molecule has 1 fully saturated rings. The van der Waals surface area contributed by atoms with E-state index in [1.807, 2.05) is 37.5 Å². The van der Waals surface area contributed by atoms with E-state index in [0.29, 0.717) is 29.9 Å². The molecule has 1 aromatic carbocycles. The molecule has 0 atom stereocenters. The Labute approximate surface area is 162 Å². The molecule has 1 aliphatic rings. The lowest BCUT2D eigenvalue weighted by molar-refractivity contribution is -0.116. The summed E-state index contributed by atoms with van der Waals surface area (Å²) >= 11 is 6.03. The maximum absolute atomic E-state index is 12.4. The topological polar surface area (TPSA) is 76.8 Å². The number of fused-ring (bicyclic) bond motifs is 1. The van der Waals surface area contributed by atoms with E-state index >= 15 is 0 Å². The number of aryl methyl sites for hydroxylation is 2. The first-order valence-corrected chi connectivity index (χ1v) is 9.64. The van der Waals surface area contributed by atoms with Crippen LogP contribution in [0.3, 0.4) is 0 Å². The van der Waals surface area contributed by atoms with E-state index in [0.717, 1.165) is 42.7 Å². The van der Waals surface area contributed by atoms with Crippen molar-refractivity contribution >= 4 is 34.4 Å². The molecule has 0 unspecified atom stereocenters. The highest BCUT2D eigenvalue weighted by Crippen LogP contribution is 2.23. The van der Waals surface area contributed by atoms with Crippen molar-refractivity contribution in [3.05, 3.63) is 41.3 Å². The fraction of sp³-hybridized carbons (Fsp3) is 0.421. The van der Waals surface area contributed by atoms with E-state index in [1.54, 1.807) is 4.68 Å². The molecule has 3 aromatic rings. The Hall–Kier alpha value is -2.38. The molecule has 27 heavy (non-hydrogen) atoms. The van der Waals surface area contributed by atoms with Gasteiger partial charge < -0.3 is 9.88 Å². The van der Waals surface area contributed by atoms with Gasteiger partial charge in [-0.1, -0.05) is 11.6 Å². The van der Waals surface area contributed by atoms with E-state index in [1.165, 1.54) is 0 Å². The van der Waals surface area contributed by atoms with Gasteiger partial charge in [0.05, 0.1) is 0 Å². The lowest BCUT2D eigenvalue weighted by Crippen LogP contribution is -2.27. The summed E-state index contributed by atoms with van der Waals surface area (Å²) in [7, 11) is 1.82. The SMILES string of the molecule is Cn1nc(C2CCNCC2)nc1NC(=O)CCn1ccc2cc(Cl)ccc21. The molecule has 0 bridgehead atoms. The molecule has 0 saturated carbocycles. The fourth-order valence-electron chi connectivity index (χ4n) is 3.54. The molecular weight excluding hydrogens is 364 g/mol. The average Bonchev–Trinajstić information content (AvgIpc) is 3.24. The standard InChI is InChI=1S/C19H23ClN6O/c1-25-19(23-18(24-25)13-4-8-21-9-5-13)22-17(27)7-11-26-10-6-14-12-15(20)2-3-16(14)26/h2-3,6,10,12-13,21H,4-5,7-9,11H2,1H3,(H,22,23,24,27). The van der Waals surface area contributed by atoms with E-state index < -0.39 is 0 Å². The van der Waals surface area contributed by atoms with Gasteiger partial charge >= 0.3 is 0 Å². The molecule has 0 aliphatic carbocycles. The number of halogens is 1. The lowest BCUT2D eigenvalue weighted by atomic mass is 9.98. The van der Waals surface area contributed by atoms with E-state index in [-0.39, 0.29) is 5.91 Å². The summed E-state index contributed by atoms with van der Waals surface area (Å²) in [5.41, 5.74) is 1.07. The second kappa shape index (κ2) is 7.70. The zero-order valence-electron chi connectivity index (χ0n) is 15.3. The number of rotatable bonds is 5. The van der Waals surface area contributed by atoms with E-state index in [2.05, 4.69) is 25.3 Å². The first-order chi connectivity index (χ1) is 13.1. The molecule has 1 saturated heterocycles. The highest BCUT2D eigenvalue weighted by Gasteiger charge is 2.21. The third kappa shape index (κ3) is 3.99. The Kier molecular flexibility index (Phi) is 5.13. The summed E-state index contributed by atoms with van der Waals surface area (Å²) < 4.78 is 3.71. The van der Waals surface area contributed by atoms with Crippen LogP contribution in [-0.2, 0) is 18.4 Å². The van der Waals surface area contributed by atoms with Crippen LogP contribution in [0.4, 0.5) is 5.95 Å². The Morgan fingerprint density at radius 2 is 2.15 bits per heavy atom. The van der Waals surface area contributed by atoms with Crippen LogP contribution in [0.2, 0.25) is 5.02 Å². The van der Waals surface area contributed by atoms with Gasteiger partial charge in [0.25, 0.3) is 0 Å². The summed E-state index contributed by atoms with van der Waals surface area (Å²) in [5.74, 6) is 1.62. The van der Waals surface area contributed by atoms with Crippen LogP contribution in [0.15, 0.2) is 30.5 Å². The summed E-state index contributed by atoms with van der Waals surface area (Å²) in [6.45, 7) is 2.57. The predicted molar refractivity (Wildman–Crippen MR) is 106 cm³/mol. The van der Waals surface area contributed by atoms with Crippen LogP contribution in [-0.4, -0.2) is 38.3 Å². The molecule has 0 spiro atoms. The van der Waals surface area contributed by atoms with Gasteiger partial charge in [0.2, 0.25) is 11.9 Å². The molecule has 1 aliphatic heterocycles. The van der Waals surface area contributed by atoms with Crippen molar-refractivity contribution in [1.82, 2.24) is 24.6 Å². The van der Waals surface area contributed by atoms with Crippen molar-refractivity contribution in [2.45, 2.75) is 31.7 Å². The van der Waals surface area contributed by atoms with E-state index in [4.69, 9.17) is 11.6 Å².